The fourth-order valence-electron chi connectivity index (χ4n) is 2.43. The van der Waals surface area contributed by atoms with Crippen LogP contribution in [0.5, 0.6) is 0 Å². The second kappa shape index (κ2) is 6.41. The van der Waals surface area contributed by atoms with Gasteiger partial charge in [0, 0.05) is 31.4 Å². The molecule has 0 N–H and O–H groups in total. The van der Waals surface area contributed by atoms with Crippen LogP contribution in [0.2, 0.25) is 5.02 Å². The molecule has 1 aromatic heterocycles. The minimum Gasteiger partial charge on any atom is -0.444 e. The van der Waals surface area contributed by atoms with Crippen LogP contribution in [0.4, 0.5) is 9.18 Å². The molecular formula is C16H22ClFN2O2. The van der Waals surface area contributed by atoms with Crippen LogP contribution >= 0.6 is 11.6 Å². The number of hydrogen-bond donors (Lipinski definition) is 0. The van der Waals surface area contributed by atoms with Gasteiger partial charge in [-0.3, -0.25) is 4.98 Å². The SMILES string of the molecule is CC(C)(C)OC(=O)N1CCC(F)(Cc2ccc(Cl)cn2)CC1. The number of halogens is 2. The third-order valence-electron chi connectivity index (χ3n) is 3.60. The summed E-state index contributed by atoms with van der Waals surface area (Å²) in [7, 11) is 0. The maximum atomic E-state index is 14.9. The topological polar surface area (TPSA) is 42.4 Å². The van der Waals surface area contributed by atoms with E-state index in [2.05, 4.69) is 4.98 Å². The lowest BCUT2D eigenvalue weighted by atomic mass is 9.89. The Morgan fingerprint density at radius 2 is 2.05 bits per heavy atom. The molecule has 2 heterocycles. The number of ether oxygens (including phenoxy) is 1. The second-order valence-corrected chi connectivity index (χ2v) is 7.20. The molecule has 2 rings (SSSR count). The lowest BCUT2D eigenvalue weighted by Crippen LogP contribution is -2.47. The highest BCUT2D eigenvalue weighted by Gasteiger charge is 2.37. The largest absolute Gasteiger partial charge is 0.444 e. The van der Waals surface area contributed by atoms with Crippen molar-refractivity contribution in [2.75, 3.05) is 13.1 Å². The van der Waals surface area contributed by atoms with E-state index in [1.165, 1.54) is 6.20 Å². The number of carbonyl (C=O) groups excluding carboxylic acids is 1. The molecule has 0 aromatic carbocycles. The summed E-state index contributed by atoms with van der Waals surface area (Å²) >= 11 is 5.78. The summed E-state index contributed by atoms with van der Waals surface area (Å²) in [5.74, 6) is 0. The summed E-state index contributed by atoms with van der Waals surface area (Å²) in [6.07, 6.45) is 1.97. The smallest absolute Gasteiger partial charge is 0.410 e. The number of piperidine rings is 1. The van der Waals surface area contributed by atoms with Crippen molar-refractivity contribution in [1.29, 1.82) is 0 Å². The van der Waals surface area contributed by atoms with E-state index in [1.54, 1.807) is 17.0 Å². The van der Waals surface area contributed by atoms with Crippen molar-refractivity contribution in [2.45, 2.75) is 51.3 Å². The van der Waals surface area contributed by atoms with Gasteiger partial charge in [-0.25, -0.2) is 9.18 Å². The van der Waals surface area contributed by atoms with Crippen molar-refractivity contribution in [2.24, 2.45) is 0 Å². The predicted molar refractivity (Wildman–Crippen MR) is 83.8 cm³/mol. The van der Waals surface area contributed by atoms with Crippen molar-refractivity contribution >= 4 is 17.7 Å². The number of carbonyl (C=O) groups is 1. The Morgan fingerprint density at radius 1 is 1.41 bits per heavy atom. The first-order valence-electron chi connectivity index (χ1n) is 7.44. The molecule has 0 aliphatic carbocycles. The molecule has 6 heteroatoms. The average molecular weight is 329 g/mol. The van der Waals surface area contributed by atoms with Gasteiger partial charge in [0.05, 0.1) is 5.02 Å². The lowest BCUT2D eigenvalue weighted by molar-refractivity contribution is 0.00323. The number of pyridine rings is 1. The van der Waals surface area contributed by atoms with Gasteiger partial charge < -0.3 is 9.64 Å². The van der Waals surface area contributed by atoms with Gasteiger partial charge in [0.25, 0.3) is 0 Å². The van der Waals surface area contributed by atoms with Crippen LogP contribution < -0.4 is 0 Å². The van der Waals surface area contributed by atoms with Crippen LogP contribution in [0.25, 0.3) is 0 Å². The molecule has 1 aliphatic rings. The van der Waals surface area contributed by atoms with Crippen molar-refractivity contribution in [1.82, 2.24) is 9.88 Å². The van der Waals surface area contributed by atoms with Crippen LogP contribution in [-0.4, -0.2) is 40.3 Å². The Balaban J connectivity index is 1.90. The zero-order chi connectivity index (χ0) is 16.4. The number of hydrogen-bond acceptors (Lipinski definition) is 3. The molecule has 4 nitrogen and oxygen atoms in total. The Hall–Kier alpha value is -1.36. The maximum Gasteiger partial charge on any atom is 0.410 e. The highest BCUT2D eigenvalue weighted by molar-refractivity contribution is 6.30. The van der Waals surface area contributed by atoms with Crippen LogP contribution in [0.1, 0.15) is 39.3 Å². The van der Waals surface area contributed by atoms with Gasteiger partial charge in [0.1, 0.15) is 11.3 Å². The van der Waals surface area contributed by atoms with Crippen LogP contribution in [0.15, 0.2) is 18.3 Å². The molecular weight excluding hydrogens is 307 g/mol. The van der Waals surface area contributed by atoms with Crippen LogP contribution in [0.3, 0.4) is 0 Å². The summed E-state index contributed by atoms with van der Waals surface area (Å²) in [6, 6.07) is 3.45. The van der Waals surface area contributed by atoms with E-state index < -0.39 is 11.3 Å². The summed E-state index contributed by atoms with van der Waals surface area (Å²) < 4.78 is 20.2. The quantitative estimate of drug-likeness (QED) is 0.823. The van der Waals surface area contributed by atoms with E-state index in [4.69, 9.17) is 16.3 Å². The predicted octanol–water partition coefficient (Wildman–Crippen LogP) is 4.02. The van der Waals surface area contributed by atoms with E-state index in [9.17, 15) is 9.18 Å². The number of rotatable bonds is 2. The highest BCUT2D eigenvalue weighted by Crippen LogP contribution is 2.30. The molecule has 1 fully saturated rings. The van der Waals surface area contributed by atoms with Crippen molar-refractivity contribution < 1.29 is 13.9 Å². The minimum atomic E-state index is -1.33. The first-order chi connectivity index (χ1) is 10.2. The first kappa shape index (κ1) is 17.0. The Morgan fingerprint density at radius 3 is 2.55 bits per heavy atom. The van der Waals surface area contributed by atoms with Gasteiger partial charge in [-0.2, -0.15) is 0 Å². The summed E-state index contributed by atoms with van der Waals surface area (Å²) in [5.41, 5.74) is -1.19. The Labute approximate surface area is 135 Å². The maximum absolute atomic E-state index is 14.9. The number of aromatic nitrogens is 1. The molecule has 0 spiro atoms. The van der Waals surface area contributed by atoms with Crippen molar-refractivity contribution in [3.05, 3.63) is 29.0 Å². The van der Waals surface area contributed by atoms with Crippen LogP contribution in [-0.2, 0) is 11.2 Å². The molecule has 122 valence electrons. The van der Waals surface area contributed by atoms with Gasteiger partial charge >= 0.3 is 6.09 Å². The van der Waals surface area contributed by atoms with Gasteiger partial charge in [-0.15, -0.1) is 0 Å². The molecule has 1 amide bonds. The van der Waals surface area contributed by atoms with E-state index in [0.29, 0.717) is 23.8 Å². The number of alkyl halides is 1. The monoisotopic (exact) mass is 328 g/mol. The minimum absolute atomic E-state index is 0.242. The molecule has 0 atom stereocenters. The standard InChI is InChI=1S/C16H22ClFN2O2/c1-15(2,3)22-14(21)20-8-6-16(18,7-9-20)10-13-5-4-12(17)11-19-13/h4-5,11H,6-10H2,1-3H3. The van der Waals surface area contributed by atoms with Gasteiger partial charge in [0.15, 0.2) is 0 Å². The molecule has 22 heavy (non-hydrogen) atoms. The Kier molecular flexibility index (Phi) is 4.95. The zero-order valence-corrected chi connectivity index (χ0v) is 14.0. The van der Waals surface area contributed by atoms with E-state index in [1.807, 2.05) is 20.8 Å². The molecule has 1 saturated heterocycles. The van der Waals surface area contributed by atoms with E-state index >= 15 is 0 Å². The summed E-state index contributed by atoms with van der Waals surface area (Å²) in [4.78, 5) is 17.7. The van der Waals surface area contributed by atoms with Gasteiger partial charge in [-0.05, 0) is 45.7 Å². The third-order valence-corrected chi connectivity index (χ3v) is 3.82. The van der Waals surface area contributed by atoms with E-state index in [-0.39, 0.29) is 25.4 Å². The number of nitrogens with zero attached hydrogens (tertiary/aromatic N) is 2. The number of likely N-dealkylation sites (tertiary alicyclic amines) is 1. The normalized spacial score (nSPS) is 18.1. The summed E-state index contributed by atoms with van der Waals surface area (Å²) in [5, 5.41) is 0.538. The molecule has 0 unspecified atom stereocenters. The van der Waals surface area contributed by atoms with Gasteiger partial charge in [0.2, 0.25) is 0 Å². The fourth-order valence-corrected chi connectivity index (χ4v) is 2.54. The Bertz CT molecular complexity index is 520. The average Bonchev–Trinajstić information content (AvgIpc) is 2.40. The zero-order valence-electron chi connectivity index (χ0n) is 13.2. The lowest BCUT2D eigenvalue weighted by Gasteiger charge is -2.36. The molecule has 1 aromatic rings. The van der Waals surface area contributed by atoms with E-state index in [0.717, 1.165) is 0 Å². The molecule has 0 radical (unpaired) electrons. The second-order valence-electron chi connectivity index (χ2n) is 6.76. The van der Waals surface area contributed by atoms with Gasteiger partial charge in [-0.1, -0.05) is 11.6 Å². The highest BCUT2D eigenvalue weighted by atomic mass is 35.5. The fraction of sp³-hybridized carbons (Fsp3) is 0.625. The first-order valence-corrected chi connectivity index (χ1v) is 7.82. The van der Waals surface area contributed by atoms with Crippen molar-refractivity contribution in [3.63, 3.8) is 0 Å². The number of amides is 1. The molecule has 1 aliphatic heterocycles. The van der Waals surface area contributed by atoms with Crippen LogP contribution in [0, 0.1) is 0 Å². The molecule has 0 bridgehead atoms. The summed E-state index contributed by atoms with van der Waals surface area (Å²) in [6.45, 7) is 6.18. The molecule has 0 saturated carbocycles. The third kappa shape index (κ3) is 4.83. The van der Waals surface area contributed by atoms with Crippen molar-refractivity contribution in [3.8, 4) is 0 Å².